The fraction of sp³-hybridized carbons (Fsp3) is 0.292. The lowest BCUT2D eigenvalue weighted by Crippen LogP contribution is -2.42. The lowest BCUT2D eigenvalue weighted by atomic mass is 9.99. The van der Waals surface area contributed by atoms with Crippen LogP contribution >= 0.6 is 11.6 Å². The van der Waals surface area contributed by atoms with Gasteiger partial charge >= 0.3 is 0 Å². The number of anilines is 1. The van der Waals surface area contributed by atoms with Gasteiger partial charge in [0.25, 0.3) is 0 Å². The number of halogens is 1. The number of carbonyl (C=O) groups is 2. The Labute approximate surface area is 203 Å². The minimum absolute atomic E-state index is 0.0255. The zero-order valence-corrected chi connectivity index (χ0v) is 19.8. The predicted octanol–water partition coefficient (Wildman–Crippen LogP) is 2.99. The van der Waals surface area contributed by atoms with Gasteiger partial charge in [-0.15, -0.1) is 0 Å². The van der Waals surface area contributed by atoms with Crippen LogP contribution in [0.2, 0.25) is 5.02 Å². The molecule has 0 saturated carbocycles. The number of aliphatic imine (C=N–C) groups is 1. The van der Waals surface area contributed by atoms with Crippen molar-refractivity contribution in [1.82, 2.24) is 10.6 Å². The van der Waals surface area contributed by atoms with Crippen molar-refractivity contribution in [1.29, 1.82) is 10.8 Å². The minimum Gasteiger partial charge on any atom is -0.492 e. The molecule has 178 valence electrons. The Balaban J connectivity index is 2.14. The van der Waals surface area contributed by atoms with Crippen LogP contribution in [0.15, 0.2) is 47.5 Å². The first-order valence-electron chi connectivity index (χ1n) is 10.8. The van der Waals surface area contributed by atoms with Crippen molar-refractivity contribution in [2.24, 2.45) is 4.99 Å². The zero-order chi connectivity index (χ0) is 24.7. The summed E-state index contributed by atoms with van der Waals surface area (Å²) in [5.74, 6) is 0.484. The van der Waals surface area contributed by atoms with Gasteiger partial charge in [-0.2, -0.15) is 0 Å². The summed E-state index contributed by atoms with van der Waals surface area (Å²) in [6, 6.07) is 11.7. The fourth-order valence-electron chi connectivity index (χ4n) is 3.63. The Kier molecular flexibility index (Phi) is 8.37. The van der Waals surface area contributed by atoms with E-state index in [1.807, 2.05) is 19.1 Å². The molecule has 34 heavy (non-hydrogen) atoms. The van der Waals surface area contributed by atoms with Crippen LogP contribution < -0.4 is 20.3 Å². The van der Waals surface area contributed by atoms with Gasteiger partial charge in [-0.3, -0.25) is 30.3 Å². The number of carbonyl (C=O) groups excluding carboxylic acids is 2. The van der Waals surface area contributed by atoms with Crippen molar-refractivity contribution >= 4 is 47.0 Å². The summed E-state index contributed by atoms with van der Waals surface area (Å²) >= 11 is 6.10. The van der Waals surface area contributed by atoms with Crippen LogP contribution in [0.1, 0.15) is 31.4 Å². The molecule has 0 saturated heterocycles. The van der Waals surface area contributed by atoms with E-state index in [0.717, 1.165) is 5.56 Å². The van der Waals surface area contributed by atoms with Crippen molar-refractivity contribution in [3.63, 3.8) is 0 Å². The summed E-state index contributed by atoms with van der Waals surface area (Å²) < 4.78 is 5.78. The van der Waals surface area contributed by atoms with E-state index in [1.165, 1.54) is 4.90 Å². The van der Waals surface area contributed by atoms with Crippen molar-refractivity contribution < 1.29 is 14.3 Å². The van der Waals surface area contributed by atoms with Crippen LogP contribution in [-0.4, -0.2) is 55.4 Å². The van der Waals surface area contributed by atoms with Crippen molar-refractivity contribution in [3.8, 4) is 5.75 Å². The Morgan fingerprint density at radius 3 is 2.65 bits per heavy atom. The van der Waals surface area contributed by atoms with Crippen molar-refractivity contribution in [2.45, 2.75) is 26.3 Å². The van der Waals surface area contributed by atoms with Gasteiger partial charge in [-0.1, -0.05) is 23.7 Å². The van der Waals surface area contributed by atoms with Gasteiger partial charge in [-0.05, 0) is 44.2 Å². The van der Waals surface area contributed by atoms with Gasteiger partial charge in [0.15, 0.2) is 0 Å². The number of benzene rings is 2. The average Bonchev–Trinajstić information content (AvgIpc) is 2.92. The maximum absolute atomic E-state index is 12.4. The maximum Gasteiger partial charge on any atom is 0.222 e. The molecule has 4 N–H and O–H groups in total. The smallest absolute Gasteiger partial charge is 0.222 e. The second-order valence-corrected chi connectivity index (χ2v) is 8.00. The molecule has 2 amide bonds. The second kappa shape index (κ2) is 11.4. The number of hydrogen-bond donors (Lipinski definition) is 4. The highest BCUT2D eigenvalue weighted by Crippen LogP contribution is 2.33. The second-order valence-electron chi connectivity index (χ2n) is 7.56. The largest absolute Gasteiger partial charge is 0.492 e. The molecule has 0 aromatic heterocycles. The molecule has 1 atom stereocenters. The van der Waals surface area contributed by atoms with Crippen LogP contribution in [0, 0.1) is 10.8 Å². The minimum atomic E-state index is -0.800. The summed E-state index contributed by atoms with van der Waals surface area (Å²) in [6.45, 7) is 4.51. The van der Waals surface area contributed by atoms with Crippen LogP contribution in [0.4, 0.5) is 5.69 Å². The highest BCUT2D eigenvalue weighted by Gasteiger charge is 2.32. The van der Waals surface area contributed by atoms with E-state index < -0.39 is 6.04 Å². The van der Waals surface area contributed by atoms with E-state index >= 15 is 0 Å². The molecule has 9 nitrogen and oxygen atoms in total. The number of hydrogen-bond acceptors (Lipinski definition) is 6. The molecule has 0 radical (unpaired) electrons. The first kappa shape index (κ1) is 24.9. The predicted molar refractivity (Wildman–Crippen MR) is 134 cm³/mol. The van der Waals surface area contributed by atoms with Gasteiger partial charge in [0.2, 0.25) is 12.3 Å². The fourth-order valence-corrected chi connectivity index (χ4v) is 3.75. The normalized spacial score (nSPS) is 15.0. The van der Waals surface area contributed by atoms with Gasteiger partial charge in [0.1, 0.15) is 30.1 Å². The van der Waals surface area contributed by atoms with Crippen LogP contribution in [-0.2, 0) is 9.59 Å². The lowest BCUT2D eigenvalue weighted by Gasteiger charge is -2.26. The summed E-state index contributed by atoms with van der Waals surface area (Å²) in [5, 5.41) is 23.1. The highest BCUT2D eigenvalue weighted by molar-refractivity contribution is 6.31. The van der Waals surface area contributed by atoms with Gasteiger partial charge in [0, 0.05) is 22.7 Å². The molecule has 1 aliphatic heterocycles. The summed E-state index contributed by atoms with van der Waals surface area (Å²) in [4.78, 5) is 29.2. The standard InChI is InChI=1S/C24H27ClN6O3/c1-3-29-22(33)13-20-24(27)31(15(2)26)21-9-8-18(34-11-10-28-14-32)12-19(21)23(30-20)16-4-6-17(25)7-5-16/h4-9,12,14,20,26-27H,3,10-11,13H2,1-2H3,(H,28,32)(H,29,33)/t20-/m0/s1. The number of amides is 2. The third-order valence-corrected chi connectivity index (χ3v) is 5.36. The third kappa shape index (κ3) is 5.79. The van der Waals surface area contributed by atoms with Crippen LogP contribution in [0.25, 0.3) is 0 Å². The molecular formula is C24H27ClN6O3. The number of nitrogens with one attached hydrogen (secondary N) is 4. The Hall–Kier alpha value is -3.72. The van der Waals surface area contributed by atoms with Crippen LogP contribution in [0.5, 0.6) is 5.75 Å². The first-order valence-corrected chi connectivity index (χ1v) is 11.2. The third-order valence-electron chi connectivity index (χ3n) is 5.11. The average molecular weight is 483 g/mol. The number of nitrogens with zero attached hydrogens (tertiary/aromatic N) is 2. The summed E-state index contributed by atoms with van der Waals surface area (Å²) in [7, 11) is 0. The molecule has 0 bridgehead atoms. The Morgan fingerprint density at radius 1 is 1.26 bits per heavy atom. The molecule has 10 heteroatoms. The van der Waals surface area contributed by atoms with Gasteiger partial charge < -0.3 is 15.4 Å². The number of rotatable bonds is 9. The molecular weight excluding hydrogens is 456 g/mol. The SMILES string of the molecule is CCNC(=O)C[C@@H]1N=C(c2ccc(Cl)cc2)c2cc(OCCNC=O)ccc2N(C(C)=N)C1=N. The molecule has 0 fully saturated rings. The molecule has 1 aliphatic rings. The molecule has 0 aliphatic carbocycles. The molecule has 0 unspecified atom stereocenters. The maximum atomic E-state index is 12.4. The topological polar surface area (TPSA) is 131 Å². The summed E-state index contributed by atoms with van der Waals surface area (Å²) in [6.07, 6.45) is 0.582. The Bertz CT molecular complexity index is 1120. The van der Waals surface area contributed by atoms with E-state index in [1.54, 1.807) is 37.3 Å². The van der Waals surface area contributed by atoms with E-state index in [4.69, 9.17) is 32.1 Å². The Morgan fingerprint density at radius 2 is 2.00 bits per heavy atom. The molecule has 2 aromatic carbocycles. The van der Waals surface area contributed by atoms with Gasteiger partial charge in [-0.25, -0.2) is 0 Å². The number of benzodiazepines with no additional fused rings is 1. The van der Waals surface area contributed by atoms with E-state index in [-0.39, 0.29) is 30.6 Å². The van der Waals surface area contributed by atoms with E-state index in [0.29, 0.717) is 47.2 Å². The quantitative estimate of drug-likeness (QED) is 0.189. The molecule has 0 spiro atoms. The van der Waals surface area contributed by atoms with E-state index in [9.17, 15) is 9.59 Å². The first-order chi connectivity index (χ1) is 16.3. The molecule has 3 rings (SSSR count). The van der Waals surface area contributed by atoms with Crippen molar-refractivity contribution in [3.05, 3.63) is 58.6 Å². The number of fused-ring (bicyclic) bond motifs is 1. The van der Waals surface area contributed by atoms with Crippen molar-refractivity contribution in [2.75, 3.05) is 24.6 Å². The molecule has 2 aromatic rings. The lowest BCUT2D eigenvalue weighted by molar-refractivity contribution is -0.121. The zero-order valence-electron chi connectivity index (χ0n) is 19.0. The van der Waals surface area contributed by atoms with Crippen LogP contribution in [0.3, 0.4) is 0 Å². The molecule has 1 heterocycles. The monoisotopic (exact) mass is 482 g/mol. The summed E-state index contributed by atoms with van der Waals surface area (Å²) in [5.41, 5.74) is 2.55. The van der Waals surface area contributed by atoms with Gasteiger partial charge in [0.05, 0.1) is 24.4 Å². The van der Waals surface area contributed by atoms with E-state index in [2.05, 4.69) is 10.6 Å². The number of amidine groups is 2. The number of ether oxygens (including phenoxy) is 1. The highest BCUT2D eigenvalue weighted by atomic mass is 35.5.